The van der Waals surface area contributed by atoms with Crippen LogP contribution in [0.25, 0.3) is 11.6 Å². The van der Waals surface area contributed by atoms with E-state index in [0.29, 0.717) is 17.9 Å². The van der Waals surface area contributed by atoms with Gasteiger partial charge in [0.2, 0.25) is 0 Å². The van der Waals surface area contributed by atoms with Crippen LogP contribution >= 0.6 is 0 Å². The number of rotatable bonds is 6. The molecule has 0 spiro atoms. The van der Waals surface area contributed by atoms with Crippen LogP contribution < -0.4 is 10.6 Å². The Bertz CT molecular complexity index is 968. The standard InChI is InChI=1S/C23H27N3O3/c1-2-16-12-15(6-7-21(27)28)20(25-16)13-18-22-17(14-8-10-24-11-9-14)4-3-5-19(22)26-23(18)29/h3-5,12-14,24-25H,2,6-11H2,1H3,(H,26,29)(H,27,28). The topological polar surface area (TPSA) is 94.2 Å². The van der Waals surface area contributed by atoms with Crippen LogP contribution in [0.4, 0.5) is 5.69 Å². The largest absolute Gasteiger partial charge is 0.481 e. The highest BCUT2D eigenvalue weighted by Gasteiger charge is 2.30. The molecule has 4 rings (SSSR count). The van der Waals surface area contributed by atoms with Gasteiger partial charge in [0.25, 0.3) is 5.91 Å². The number of amides is 1. The van der Waals surface area contributed by atoms with Crippen molar-refractivity contribution in [3.05, 3.63) is 52.3 Å². The first-order valence-corrected chi connectivity index (χ1v) is 10.4. The summed E-state index contributed by atoms with van der Waals surface area (Å²) in [7, 11) is 0. The van der Waals surface area contributed by atoms with E-state index in [0.717, 1.165) is 60.6 Å². The molecule has 2 aromatic rings. The molecule has 0 bridgehead atoms. The lowest BCUT2D eigenvalue weighted by Crippen LogP contribution is -2.27. The highest BCUT2D eigenvalue weighted by atomic mass is 16.4. The third kappa shape index (κ3) is 3.98. The molecule has 1 aromatic heterocycles. The minimum atomic E-state index is -0.819. The zero-order valence-corrected chi connectivity index (χ0v) is 16.7. The number of benzene rings is 1. The van der Waals surface area contributed by atoms with Crippen molar-refractivity contribution in [2.24, 2.45) is 0 Å². The summed E-state index contributed by atoms with van der Waals surface area (Å²) < 4.78 is 0. The van der Waals surface area contributed by atoms with Crippen LogP contribution in [-0.4, -0.2) is 35.1 Å². The van der Waals surface area contributed by atoms with E-state index in [9.17, 15) is 9.59 Å². The van der Waals surface area contributed by atoms with Gasteiger partial charge in [0.05, 0.1) is 5.57 Å². The van der Waals surface area contributed by atoms with E-state index in [1.54, 1.807) is 0 Å². The van der Waals surface area contributed by atoms with Gasteiger partial charge in [-0.1, -0.05) is 19.1 Å². The van der Waals surface area contributed by atoms with Gasteiger partial charge < -0.3 is 20.7 Å². The first kappa shape index (κ1) is 19.5. The average Bonchev–Trinajstić information content (AvgIpc) is 3.27. The van der Waals surface area contributed by atoms with Crippen LogP contribution in [0.5, 0.6) is 0 Å². The Labute approximate surface area is 170 Å². The van der Waals surface area contributed by atoms with Gasteiger partial charge in [-0.2, -0.15) is 0 Å². The number of H-pyrrole nitrogens is 1. The van der Waals surface area contributed by atoms with Crippen molar-refractivity contribution in [3.8, 4) is 0 Å². The number of anilines is 1. The Hall–Kier alpha value is -2.86. The Kier molecular flexibility index (Phi) is 5.53. The van der Waals surface area contributed by atoms with Crippen molar-refractivity contribution in [3.63, 3.8) is 0 Å². The molecule has 4 N–H and O–H groups in total. The van der Waals surface area contributed by atoms with Crippen LogP contribution in [0.2, 0.25) is 0 Å². The smallest absolute Gasteiger partial charge is 0.303 e. The average molecular weight is 393 g/mol. The molecule has 0 atom stereocenters. The number of aromatic nitrogens is 1. The summed E-state index contributed by atoms with van der Waals surface area (Å²) in [5, 5.41) is 15.5. The Balaban J connectivity index is 1.76. The highest BCUT2D eigenvalue weighted by Crippen LogP contribution is 2.41. The van der Waals surface area contributed by atoms with Crippen molar-refractivity contribution >= 4 is 29.2 Å². The molecule has 1 saturated heterocycles. The van der Waals surface area contributed by atoms with E-state index in [1.165, 1.54) is 5.56 Å². The van der Waals surface area contributed by atoms with Gasteiger partial charge in [-0.25, -0.2) is 0 Å². The third-order valence-corrected chi connectivity index (χ3v) is 5.91. The van der Waals surface area contributed by atoms with Crippen LogP contribution in [-0.2, 0) is 22.4 Å². The molecule has 3 heterocycles. The molecule has 0 unspecified atom stereocenters. The number of carbonyl (C=O) groups is 2. The molecule has 2 aliphatic heterocycles. The number of hydrogen-bond donors (Lipinski definition) is 4. The summed E-state index contributed by atoms with van der Waals surface area (Å²) in [6.45, 7) is 4.03. The summed E-state index contributed by atoms with van der Waals surface area (Å²) in [4.78, 5) is 27.2. The predicted octanol–water partition coefficient (Wildman–Crippen LogP) is 3.55. The molecule has 1 aromatic carbocycles. The number of carbonyl (C=O) groups excluding carboxylic acids is 1. The van der Waals surface area contributed by atoms with Crippen LogP contribution in [0, 0.1) is 0 Å². The van der Waals surface area contributed by atoms with Gasteiger partial charge in [0.1, 0.15) is 0 Å². The number of nitrogens with one attached hydrogen (secondary N) is 3. The first-order valence-electron chi connectivity index (χ1n) is 10.4. The summed E-state index contributed by atoms with van der Waals surface area (Å²) in [6.07, 6.45) is 5.36. The highest BCUT2D eigenvalue weighted by molar-refractivity contribution is 6.35. The second kappa shape index (κ2) is 8.25. The number of aromatic amines is 1. The molecule has 1 amide bonds. The lowest BCUT2D eigenvalue weighted by molar-refractivity contribution is -0.137. The van der Waals surface area contributed by atoms with Crippen LogP contribution in [0.15, 0.2) is 24.3 Å². The van der Waals surface area contributed by atoms with Gasteiger partial charge in [0.15, 0.2) is 0 Å². The van der Waals surface area contributed by atoms with Crippen LogP contribution in [0.1, 0.15) is 60.2 Å². The Morgan fingerprint density at radius 2 is 2.07 bits per heavy atom. The number of fused-ring (bicyclic) bond motifs is 1. The summed E-state index contributed by atoms with van der Waals surface area (Å²) in [5.74, 6) is -0.484. The minimum absolute atomic E-state index is 0.0697. The van der Waals surface area contributed by atoms with Crippen LogP contribution in [0.3, 0.4) is 0 Å². The molecule has 1 fully saturated rings. The Morgan fingerprint density at radius 3 is 2.79 bits per heavy atom. The zero-order valence-electron chi connectivity index (χ0n) is 16.7. The molecule has 6 nitrogen and oxygen atoms in total. The van der Waals surface area contributed by atoms with E-state index in [4.69, 9.17) is 5.11 Å². The Morgan fingerprint density at radius 1 is 1.28 bits per heavy atom. The van der Waals surface area contributed by atoms with Gasteiger partial charge in [-0.05, 0) is 74.0 Å². The molecule has 2 aliphatic rings. The van der Waals surface area contributed by atoms with Crippen molar-refractivity contribution in [1.82, 2.24) is 10.3 Å². The minimum Gasteiger partial charge on any atom is -0.481 e. The predicted molar refractivity (Wildman–Crippen MR) is 114 cm³/mol. The fraction of sp³-hybridized carbons (Fsp3) is 0.391. The molecular formula is C23H27N3O3. The third-order valence-electron chi connectivity index (χ3n) is 5.91. The molecule has 29 heavy (non-hydrogen) atoms. The van der Waals surface area contributed by atoms with E-state index >= 15 is 0 Å². The lowest BCUT2D eigenvalue weighted by Gasteiger charge is -2.25. The maximum atomic E-state index is 12.8. The maximum Gasteiger partial charge on any atom is 0.303 e. The SMILES string of the molecule is CCc1cc(CCC(=O)O)c(C=C2C(=O)Nc3cccc(C4CCNCC4)c32)[nH]1. The van der Waals surface area contributed by atoms with E-state index in [1.807, 2.05) is 24.3 Å². The number of aryl methyl sites for hydroxylation is 2. The second-order valence-electron chi connectivity index (χ2n) is 7.79. The number of aliphatic carboxylic acids is 1. The lowest BCUT2D eigenvalue weighted by atomic mass is 9.85. The molecule has 6 heteroatoms. The van der Waals surface area contributed by atoms with Crippen molar-refractivity contribution in [2.75, 3.05) is 18.4 Å². The van der Waals surface area contributed by atoms with E-state index < -0.39 is 5.97 Å². The number of piperidine rings is 1. The number of carboxylic acid groups (broad SMARTS) is 1. The monoisotopic (exact) mass is 393 g/mol. The fourth-order valence-corrected chi connectivity index (χ4v) is 4.38. The molecule has 0 saturated carbocycles. The zero-order chi connectivity index (χ0) is 20.4. The quantitative estimate of drug-likeness (QED) is 0.565. The van der Waals surface area contributed by atoms with E-state index in [-0.39, 0.29) is 12.3 Å². The van der Waals surface area contributed by atoms with Gasteiger partial charge in [-0.3, -0.25) is 9.59 Å². The van der Waals surface area contributed by atoms with E-state index in [2.05, 4.69) is 28.6 Å². The normalized spacial score (nSPS) is 18.1. The van der Waals surface area contributed by atoms with Crippen molar-refractivity contribution < 1.29 is 14.7 Å². The van der Waals surface area contributed by atoms with Gasteiger partial charge >= 0.3 is 5.97 Å². The second-order valence-corrected chi connectivity index (χ2v) is 7.79. The maximum absolute atomic E-state index is 12.8. The molecule has 0 aliphatic carbocycles. The van der Waals surface area contributed by atoms with Gasteiger partial charge in [-0.15, -0.1) is 0 Å². The number of carboxylic acids is 1. The fourth-order valence-electron chi connectivity index (χ4n) is 4.38. The van der Waals surface area contributed by atoms with Gasteiger partial charge in [0, 0.05) is 29.1 Å². The van der Waals surface area contributed by atoms with Crippen molar-refractivity contribution in [2.45, 2.75) is 44.9 Å². The molecule has 0 radical (unpaired) electrons. The van der Waals surface area contributed by atoms with Crippen molar-refractivity contribution in [1.29, 1.82) is 0 Å². The summed E-state index contributed by atoms with van der Waals surface area (Å²) in [6, 6.07) is 8.12. The first-order chi connectivity index (χ1) is 14.1. The molecular weight excluding hydrogens is 366 g/mol. The summed E-state index contributed by atoms with van der Waals surface area (Å²) >= 11 is 0. The summed E-state index contributed by atoms with van der Waals surface area (Å²) in [5.41, 5.74) is 6.58. The molecule has 152 valence electrons. The number of hydrogen-bond acceptors (Lipinski definition) is 3.